The van der Waals surface area contributed by atoms with Crippen LogP contribution in [0.2, 0.25) is 0 Å². The third-order valence-corrected chi connectivity index (χ3v) is 3.61. The van der Waals surface area contributed by atoms with Gasteiger partial charge in [-0.15, -0.1) is 0 Å². The lowest BCUT2D eigenvalue weighted by molar-refractivity contribution is 0.0975. The molecule has 0 unspecified atom stereocenters. The predicted molar refractivity (Wildman–Crippen MR) is 85.7 cm³/mol. The highest BCUT2D eigenvalue weighted by atomic mass is 16.1. The SMILES string of the molecule is CCCC(=O)c1c2ccccc2nn1-c1ccccc1C=O. The monoisotopic (exact) mass is 292 g/mol. The van der Waals surface area contributed by atoms with Crippen molar-refractivity contribution in [1.82, 2.24) is 9.78 Å². The van der Waals surface area contributed by atoms with Crippen LogP contribution in [0.3, 0.4) is 0 Å². The van der Waals surface area contributed by atoms with Gasteiger partial charge in [-0.25, -0.2) is 4.68 Å². The first kappa shape index (κ1) is 14.2. The fourth-order valence-electron chi connectivity index (χ4n) is 2.60. The number of fused-ring (bicyclic) bond motifs is 1. The van der Waals surface area contributed by atoms with E-state index in [4.69, 9.17) is 0 Å². The van der Waals surface area contributed by atoms with Gasteiger partial charge < -0.3 is 0 Å². The molecule has 22 heavy (non-hydrogen) atoms. The third-order valence-electron chi connectivity index (χ3n) is 3.61. The second kappa shape index (κ2) is 5.93. The van der Waals surface area contributed by atoms with E-state index < -0.39 is 0 Å². The molecule has 1 heterocycles. The summed E-state index contributed by atoms with van der Waals surface area (Å²) < 4.78 is 1.60. The molecule has 110 valence electrons. The molecule has 0 spiro atoms. The van der Waals surface area contributed by atoms with E-state index >= 15 is 0 Å². The summed E-state index contributed by atoms with van der Waals surface area (Å²) in [5, 5.41) is 5.35. The third kappa shape index (κ3) is 2.33. The minimum Gasteiger partial charge on any atom is -0.298 e. The molecule has 4 heteroatoms. The lowest BCUT2D eigenvalue weighted by Crippen LogP contribution is -2.10. The summed E-state index contributed by atoms with van der Waals surface area (Å²) in [5.74, 6) is 0.0388. The first-order chi connectivity index (χ1) is 10.8. The van der Waals surface area contributed by atoms with Gasteiger partial charge in [-0.2, -0.15) is 5.10 Å². The average molecular weight is 292 g/mol. The number of carbonyl (C=O) groups excluding carboxylic acids is 2. The van der Waals surface area contributed by atoms with Gasteiger partial charge in [0.1, 0.15) is 5.69 Å². The number of rotatable bonds is 5. The van der Waals surface area contributed by atoms with Crippen molar-refractivity contribution >= 4 is 23.0 Å². The van der Waals surface area contributed by atoms with Gasteiger partial charge >= 0.3 is 0 Å². The van der Waals surface area contributed by atoms with Crippen molar-refractivity contribution in [2.75, 3.05) is 0 Å². The molecule has 0 radical (unpaired) electrons. The molecule has 0 N–H and O–H groups in total. The number of hydrogen-bond acceptors (Lipinski definition) is 3. The van der Waals surface area contributed by atoms with Crippen molar-refractivity contribution in [3.05, 3.63) is 59.8 Å². The van der Waals surface area contributed by atoms with E-state index in [1.165, 1.54) is 0 Å². The number of Topliss-reactive ketones (excluding diaryl/α,β-unsaturated/α-hetero) is 1. The van der Waals surface area contributed by atoms with E-state index in [0.29, 0.717) is 23.4 Å². The molecule has 1 aromatic heterocycles. The zero-order valence-electron chi connectivity index (χ0n) is 12.3. The van der Waals surface area contributed by atoms with Gasteiger partial charge in [0.05, 0.1) is 11.2 Å². The van der Waals surface area contributed by atoms with Crippen LogP contribution in [0.15, 0.2) is 48.5 Å². The van der Waals surface area contributed by atoms with Crippen LogP contribution in [0.25, 0.3) is 16.6 Å². The number of benzene rings is 2. The van der Waals surface area contributed by atoms with E-state index in [9.17, 15) is 9.59 Å². The number of para-hydroxylation sites is 1. The van der Waals surface area contributed by atoms with Gasteiger partial charge in [0.15, 0.2) is 12.1 Å². The highest BCUT2D eigenvalue weighted by Gasteiger charge is 2.19. The molecule has 4 nitrogen and oxygen atoms in total. The van der Waals surface area contributed by atoms with Crippen LogP contribution < -0.4 is 0 Å². The smallest absolute Gasteiger partial charge is 0.181 e. The van der Waals surface area contributed by atoms with Crippen LogP contribution in [0, 0.1) is 0 Å². The Morgan fingerprint density at radius 1 is 1.14 bits per heavy atom. The highest BCUT2D eigenvalue weighted by Crippen LogP contribution is 2.24. The molecule has 3 aromatic rings. The molecule has 2 aromatic carbocycles. The lowest BCUT2D eigenvalue weighted by Gasteiger charge is -2.08. The minimum absolute atomic E-state index is 0.0388. The van der Waals surface area contributed by atoms with Crippen LogP contribution in [-0.2, 0) is 0 Å². The molecule has 0 amide bonds. The molecule has 0 saturated heterocycles. The molecule has 0 bridgehead atoms. The van der Waals surface area contributed by atoms with Crippen molar-refractivity contribution in [2.45, 2.75) is 19.8 Å². The van der Waals surface area contributed by atoms with Crippen LogP contribution in [-0.4, -0.2) is 21.8 Å². The van der Waals surface area contributed by atoms with E-state index in [1.54, 1.807) is 22.9 Å². The Bertz CT molecular complexity index is 849. The summed E-state index contributed by atoms with van der Waals surface area (Å²) in [7, 11) is 0. The van der Waals surface area contributed by atoms with Crippen LogP contribution in [0.4, 0.5) is 0 Å². The Morgan fingerprint density at radius 3 is 2.64 bits per heavy atom. The molecule has 0 aliphatic heterocycles. The minimum atomic E-state index is 0.0388. The fraction of sp³-hybridized carbons (Fsp3) is 0.167. The Balaban J connectivity index is 2.31. The normalized spacial score (nSPS) is 10.8. The fourth-order valence-corrected chi connectivity index (χ4v) is 2.60. The zero-order chi connectivity index (χ0) is 15.5. The standard InChI is InChI=1S/C18H16N2O2/c1-2-7-17(22)18-14-9-4-5-10-15(14)19-20(18)16-11-6-3-8-13(16)12-21/h3-6,8-12H,2,7H2,1H3. The maximum absolute atomic E-state index is 12.6. The first-order valence-electron chi connectivity index (χ1n) is 7.31. The van der Waals surface area contributed by atoms with E-state index in [1.807, 2.05) is 37.3 Å². The predicted octanol–water partition coefficient (Wildman–Crippen LogP) is 3.82. The molecule has 3 rings (SSSR count). The van der Waals surface area contributed by atoms with Crippen molar-refractivity contribution in [3.8, 4) is 5.69 Å². The Labute approximate surface area is 128 Å². The number of aromatic nitrogens is 2. The topological polar surface area (TPSA) is 52.0 Å². The zero-order valence-corrected chi connectivity index (χ0v) is 12.3. The molecule has 0 saturated carbocycles. The molecule has 0 aliphatic carbocycles. The van der Waals surface area contributed by atoms with Crippen LogP contribution >= 0.6 is 0 Å². The second-order valence-electron chi connectivity index (χ2n) is 5.13. The van der Waals surface area contributed by atoms with E-state index in [0.717, 1.165) is 23.6 Å². The van der Waals surface area contributed by atoms with Gasteiger partial charge in [-0.3, -0.25) is 9.59 Å². The van der Waals surface area contributed by atoms with Gasteiger partial charge in [0.2, 0.25) is 0 Å². The Hall–Kier alpha value is -2.75. The van der Waals surface area contributed by atoms with Gasteiger partial charge in [-0.1, -0.05) is 37.3 Å². The number of ketones is 1. The molecular formula is C18H16N2O2. The van der Waals surface area contributed by atoms with Crippen molar-refractivity contribution in [2.24, 2.45) is 0 Å². The Kier molecular flexibility index (Phi) is 3.83. The summed E-state index contributed by atoms with van der Waals surface area (Å²) >= 11 is 0. The Morgan fingerprint density at radius 2 is 1.86 bits per heavy atom. The van der Waals surface area contributed by atoms with Gasteiger partial charge in [-0.05, 0) is 24.6 Å². The summed E-state index contributed by atoms with van der Waals surface area (Å²) in [5.41, 5.74) is 2.45. The summed E-state index contributed by atoms with van der Waals surface area (Å²) in [6.45, 7) is 1.97. The van der Waals surface area contributed by atoms with Gasteiger partial charge in [0.25, 0.3) is 0 Å². The maximum Gasteiger partial charge on any atom is 0.181 e. The number of carbonyl (C=O) groups is 2. The van der Waals surface area contributed by atoms with Gasteiger partial charge in [0, 0.05) is 17.4 Å². The van der Waals surface area contributed by atoms with Crippen molar-refractivity contribution in [3.63, 3.8) is 0 Å². The van der Waals surface area contributed by atoms with E-state index in [2.05, 4.69) is 5.10 Å². The number of aldehydes is 1. The molecule has 0 atom stereocenters. The maximum atomic E-state index is 12.6. The molecule has 0 aliphatic rings. The summed E-state index contributed by atoms with van der Waals surface area (Å²) in [4.78, 5) is 23.9. The summed E-state index contributed by atoms with van der Waals surface area (Å²) in [6, 6.07) is 14.7. The number of nitrogens with zero attached hydrogens (tertiary/aromatic N) is 2. The van der Waals surface area contributed by atoms with Crippen LogP contribution in [0.1, 0.15) is 40.6 Å². The average Bonchev–Trinajstić information content (AvgIpc) is 2.94. The summed E-state index contributed by atoms with van der Waals surface area (Å²) in [6.07, 6.45) is 2.02. The first-order valence-corrected chi connectivity index (χ1v) is 7.31. The molecular weight excluding hydrogens is 276 g/mol. The van der Waals surface area contributed by atoms with Crippen LogP contribution in [0.5, 0.6) is 0 Å². The van der Waals surface area contributed by atoms with Crippen molar-refractivity contribution < 1.29 is 9.59 Å². The van der Waals surface area contributed by atoms with E-state index in [-0.39, 0.29) is 5.78 Å². The molecule has 0 fully saturated rings. The largest absolute Gasteiger partial charge is 0.298 e. The second-order valence-corrected chi connectivity index (χ2v) is 5.13. The quantitative estimate of drug-likeness (QED) is 0.530. The van der Waals surface area contributed by atoms with Crippen molar-refractivity contribution in [1.29, 1.82) is 0 Å². The highest BCUT2D eigenvalue weighted by molar-refractivity contribution is 6.07. The lowest BCUT2D eigenvalue weighted by atomic mass is 10.1. The number of hydrogen-bond donors (Lipinski definition) is 0.